The third-order valence-electron chi connectivity index (χ3n) is 4.64. The minimum absolute atomic E-state index is 0.0653. The van der Waals surface area contributed by atoms with Gasteiger partial charge in [-0.05, 0) is 23.8 Å². The molecule has 1 aliphatic rings. The predicted octanol–water partition coefficient (Wildman–Crippen LogP) is 3.49. The number of carbonyl (C=O) groups is 1. The van der Waals surface area contributed by atoms with Crippen molar-refractivity contribution in [2.24, 2.45) is 4.99 Å². The number of rotatable bonds is 8. The van der Waals surface area contributed by atoms with Crippen molar-refractivity contribution in [1.29, 1.82) is 0 Å². The largest absolute Gasteiger partial charge is 0.478 e. The van der Waals surface area contributed by atoms with Crippen molar-refractivity contribution in [3.63, 3.8) is 0 Å². The molecular formula is C21H18N2O5S. The van der Waals surface area contributed by atoms with Crippen molar-refractivity contribution in [3.8, 4) is 11.1 Å². The van der Waals surface area contributed by atoms with Gasteiger partial charge >= 0.3 is 5.97 Å². The quantitative estimate of drug-likeness (QED) is 0.588. The SMILES string of the molecule is O=C(O)c1c(CS(=O)(=O)c2ccccc2)ccc(-c2ccoc2)c1NCC1=NC1. The molecule has 2 aromatic carbocycles. The lowest BCUT2D eigenvalue weighted by molar-refractivity contribution is 0.0697. The second kappa shape index (κ2) is 7.56. The van der Waals surface area contributed by atoms with E-state index in [1.807, 2.05) is 0 Å². The van der Waals surface area contributed by atoms with E-state index in [-0.39, 0.29) is 16.0 Å². The number of nitrogens with one attached hydrogen (secondary N) is 1. The minimum Gasteiger partial charge on any atom is -0.478 e. The van der Waals surface area contributed by atoms with E-state index < -0.39 is 21.6 Å². The van der Waals surface area contributed by atoms with Crippen LogP contribution in [0.3, 0.4) is 0 Å². The summed E-state index contributed by atoms with van der Waals surface area (Å²) in [5.74, 6) is -1.62. The van der Waals surface area contributed by atoms with E-state index in [1.54, 1.807) is 36.4 Å². The number of hydrogen-bond acceptors (Lipinski definition) is 6. The van der Waals surface area contributed by atoms with Crippen molar-refractivity contribution < 1.29 is 22.7 Å². The predicted molar refractivity (Wildman–Crippen MR) is 109 cm³/mol. The molecule has 0 fully saturated rings. The second-order valence-corrected chi connectivity index (χ2v) is 8.64. The molecule has 8 heteroatoms. The zero-order chi connectivity index (χ0) is 20.4. The standard InChI is InChI=1S/C21H18N2O5S/c24-21(25)19-15(13-29(26,27)17-4-2-1-3-5-17)6-7-18(14-8-9-28-12-14)20(19)23-11-16-10-22-16/h1-9,12,23H,10-11,13H2,(H,24,25). The van der Waals surface area contributed by atoms with Crippen LogP contribution in [-0.4, -0.2) is 38.3 Å². The third-order valence-corrected chi connectivity index (χ3v) is 6.32. The molecule has 148 valence electrons. The van der Waals surface area contributed by atoms with Crippen LogP contribution in [-0.2, 0) is 15.6 Å². The highest BCUT2D eigenvalue weighted by atomic mass is 32.2. The van der Waals surface area contributed by atoms with Crippen LogP contribution in [0.2, 0.25) is 0 Å². The van der Waals surface area contributed by atoms with Crippen molar-refractivity contribution in [3.05, 3.63) is 72.2 Å². The van der Waals surface area contributed by atoms with Gasteiger partial charge in [-0.25, -0.2) is 13.2 Å². The van der Waals surface area contributed by atoms with E-state index in [0.717, 1.165) is 5.71 Å². The average Bonchev–Trinajstić information content (AvgIpc) is 3.38. The molecule has 4 rings (SSSR count). The van der Waals surface area contributed by atoms with Crippen LogP contribution in [0, 0.1) is 0 Å². The van der Waals surface area contributed by atoms with Crippen molar-refractivity contribution in [2.75, 3.05) is 18.4 Å². The van der Waals surface area contributed by atoms with Crippen LogP contribution >= 0.6 is 0 Å². The van der Waals surface area contributed by atoms with Gasteiger partial charge in [0.2, 0.25) is 0 Å². The Bertz CT molecular complexity index is 1180. The summed E-state index contributed by atoms with van der Waals surface area (Å²) in [5, 5.41) is 13.1. The molecule has 3 aromatic rings. The number of anilines is 1. The molecule has 29 heavy (non-hydrogen) atoms. The molecule has 2 heterocycles. The highest BCUT2D eigenvalue weighted by Gasteiger charge is 2.25. The van der Waals surface area contributed by atoms with E-state index in [4.69, 9.17) is 4.42 Å². The lowest BCUT2D eigenvalue weighted by atomic mass is 9.98. The Kier molecular flexibility index (Phi) is 4.94. The number of carboxylic acid groups (broad SMARTS) is 1. The van der Waals surface area contributed by atoms with Crippen LogP contribution in [0.1, 0.15) is 15.9 Å². The molecule has 1 aliphatic heterocycles. The fourth-order valence-corrected chi connectivity index (χ4v) is 4.51. The maximum Gasteiger partial charge on any atom is 0.338 e. The Morgan fingerprint density at radius 3 is 2.52 bits per heavy atom. The first kappa shape index (κ1) is 18.9. The summed E-state index contributed by atoms with van der Waals surface area (Å²) >= 11 is 0. The van der Waals surface area contributed by atoms with Crippen LogP contribution in [0.5, 0.6) is 0 Å². The van der Waals surface area contributed by atoms with Gasteiger partial charge in [0.05, 0.1) is 53.2 Å². The van der Waals surface area contributed by atoms with Crippen LogP contribution in [0.15, 0.2) is 75.4 Å². The van der Waals surface area contributed by atoms with Crippen LogP contribution in [0.25, 0.3) is 11.1 Å². The van der Waals surface area contributed by atoms with Gasteiger partial charge in [-0.3, -0.25) is 4.99 Å². The molecule has 0 saturated heterocycles. The first-order valence-electron chi connectivity index (χ1n) is 8.91. The average molecular weight is 410 g/mol. The van der Waals surface area contributed by atoms with E-state index in [0.29, 0.717) is 29.9 Å². The third kappa shape index (κ3) is 4.07. The highest BCUT2D eigenvalue weighted by molar-refractivity contribution is 7.90. The molecule has 0 aliphatic carbocycles. The Labute approximate surface area is 167 Å². The molecule has 2 N–H and O–H groups in total. The number of aliphatic imine (C=N–C) groups is 1. The van der Waals surface area contributed by atoms with Crippen LogP contribution < -0.4 is 5.32 Å². The summed E-state index contributed by atoms with van der Waals surface area (Å²) < 4.78 is 30.8. The summed E-state index contributed by atoms with van der Waals surface area (Å²) in [4.78, 5) is 16.4. The van der Waals surface area contributed by atoms with Crippen molar-refractivity contribution in [2.45, 2.75) is 10.6 Å². The topological polar surface area (TPSA) is 109 Å². The van der Waals surface area contributed by atoms with Crippen molar-refractivity contribution >= 4 is 27.2 Å². The zero-order valence-corrected chi connectivity index (χ0v) is 16.1. The lowest BCUT2D eigenvalue weighted by Gasteiger charge is -2.17. The molecule has 7 nitrogen and oxygen atoms in total. The molecule has 0 spiro atoms. The van der Waals surface area contributed by atoms with Gasteiger partial charge in [0, 0.05) is 11.1 Å². The smallest absolute Gasteiger partial charge is 0.338 e. The summed E-state index contributed by atoms with van der Waals surface area (Å²) in [7, 11) is -3.71. The van der Waals surface area contributed by atoms with Gasteiger partial charge in [0.15, 0.2) is 9.84 Å². The number of sulfone groups is 1. The Hall–Kier alpha value is -3.39. The summed E-state index contributed by atoms with van der Waals surface area (Å²) in [6.45, 7) is 1.05. The van der Waals surface area contributed by atoms with E-state index in [2.05, 4.69) is 10.3 Å². The van der Waals surface area contributed by atoms with Gasteiger partial charge in [-0.1, -0.05) is 30.3 Å². The Morgan fingerprint density at radius 1 is 1.14 bits per heavy atom. The number of hydrogen-bond donors (Lipinski definition) is 2. The van der Waals surface area contributed by atoms with Crippen molar-refractivity contribution in [1.82, 2.24) is 0 Å². The van der Waals surface area contributed by atoms with Gasteiger partial charge in [-0.2, -0.15) is 0 Å². The first-order chi connectivity index (χ1) is 14.0. The lowest BCUT2D eigenvalue weighted by Crippen LogP contribution is -2.16. The number of furan rings is 1. The maximum atomic E-state index is 12.8. The fourth-order valence-electron chi connectivity index (χ4n) is 3.13. The zero-order valence-electron chi connectivity index (χ0n) is 15.3. The van der Waals surface area contributed by atoms with Crippen LogP contribution in [0.4, 0.5) is 5.69 Å². The van der Waals surface area contributed by atoms with Gasteiger partial charge in [0.25, 0.3) is 0 Å². The normalized spacial score (nSPS) is 13.0. The molecule has 0 unspecified atom stereocenters. The molecule has 0 radical (unpaired) electrons. The van der Waals surface area contributed by atoms with Gasteiger partial charge in [-0.15, -0.1) is 0 Å². The number of nitrogens with zero attached hydrogens (tertiary/aromatic N) is 1. The Morgan fingerprint density at radius 2 is 1.90 bits per heavy atom. The number of aromatic carboxylic acids is 1. The highest BCUT2D eigenvalue weighted by Crippen LogP contribution is 2.35. The molecule has 1 aromatic heterocycles. The minimum atomic E-state index is -3.71. The number of carboxylic acids is 1. The fraction of sp³-hybridized carbons (Fsp3) is 0.143. The summed E-state index contributed by atoms with van der Waals surface area (Å²) in [6, 6.07) is 13.0. The molecule has 0 saturated carbocycles. The maximum absolute atomic E-state index is 12.8. The van der Waals surface area contributed by atoms with Gasteiger partial charge in [0.1, 0.15) is 0 Å². The second-order valence-electron chi connectivity index (χ2n) is 6.65. The molecule has 0 bridgehead atoms. The summed E-state index contributed by atoms with van der Waals surface area (Å²) in [5.41, 5.74) is 2.76. The first-order valence-corrected chi connectivity index (χ1v) is 10.6. The number of benzene rings is 2. The van der Waals surface area contributed by atoms with Gasteiger partial charge < -0.3 is 14.8 Å². The Balaban J connectivity index is 1.80. The monoisotopic (exact) mass is 410 g/mol. The van der Waals surface area contributed by atoms with E-state index in [9.17, 15) is 18.3 Å². The van der Waals surface area contributed by atoms with E-state index in [1.165, 1.54) is 24.7 Å². The molecular weight excluding hydrogens is 392 g/mol. The van der Waals surface area contributed by atoms with E-state index >= 15 is 0 Å². The summed E-state index contributed by atoms with van der Waals surface area (Å²) in [6.07, 6.45) is 3.01. The molecule has 0 atom stereocenters. The molecule has 0 amide bonds.